The van der Waals surface area contributed by atoms with Gasteiger partial charge < -0.3 is 5.11 Å². The van der Waals surface area contributed by atoms with Crippen molar-refractivity contribution in [3.05, 3.63) is 41.5 Å². The maximum atomic E-state index is 14.1. The van der Waals surface area contributed by atoms with Crippen LogP contribution in [0.15, 0.2) is 45.2 Å². The third-order valence-corrected chi connectivity index (χ3v) is 8.94. The van der Waals surface area contributed by atoms with Crippen LogP contribution in [0.2, 0.25) is 0 Å². The number of allylic oxidation sites excluding steroid dienone is 1. The molecule has 0 aromatic heterocycles. The van der Waals surface area contributed by atoms with Gasteiger partial charge in [-0.25, -0.2) is 8.57 Å². The Morgan fingerprint density at radius 1 is 1.27 bits per heavy atom. The largest absolute Gasteiger partial charge is 0.394 e. The molecule has 3 nitrogen and oxygen atoms in total. The van der Waals surface area contributed by atoms with E-state index in [1.165, 1.54) is 12.0 Å². The van der Waals surface area contributed by atoms with Crippen molar-refractivity contribution in [1.29, 1.82) is 0 Å². The van der Waals surface area contributed by atoms with Gasteiger partial charge in [0, 0.05) is 4.90 Å². The minimum absolute atomic E-state index is 0.0590. The summed E-state index contributed by atoms with van der Waals surface area (Å²) in [6.45, 7) is 10.7. The van der Waals surface area contributed by atoms with Crippen LogP contribution < -0.4 is 0 Å². The molecule has 1 N–H and O–H groups in total. The fourth-order valence-corrected chi connectivity index (χ4v) is 6.83. The second-order valence-corrected chi connectivity index (χ2v) is 11.3. The smallest absolute Gasteiger partial charge is 0.0850 e. The number of hydrogen-bond donors (Lipinski definition) is 1. The lowest BCUT2D eigenvalue weighted by atomic mass is 9.49. The van der Waals surface area contributed by atoms with Crippen molar-refractivity contribution in [2.75, 3.05) is 12.4 Å². The maximum absolute atomic E-state index is 14.1. The van der Waals surface area contributed by atoms with Gasteiger partial charge in [0.05, 0.1) is 28.1 Å². The predicted octanol–water partition coefficient (Wildman–Crippen LogP) is 4.83. The number of rotatable bonds is 6. The molecule has 4 heteroatoms. The standard InChI is InChI=1S/C22H33NO2S/c1-15(2)21(13-24)23-26(25,19-10-6-16(3)7-11-19)14-17-8-9-18-12-20(17)22(18,4)5/h6-8,10-11,15,18,20-21,24H,9,12-14H2,1-5H3/t18-,20-,21-,26?/m0/s1. The van der Waals surface area contributed by atoms with Gasteiger partial charge in [0.2, 0.25) is 0 Å². The molecule has 4 atom stereocenters. The zero-order valence-corrected chi connectivity index (χ0v) is 17.6. The molecule has 144 valence electrons. The molecular formula is C22H33NO2S. The van der Waals surface area contributed by atoms with E-state index in [0.717, 1.165) is 22.8 Å². The molecule has 0 saturated heterocycles. The van der Waals surface area contributed by atoms with Gasteiger partial charge >= 0.3 is 0 Å². The van der Waals surface area contributed by atoms with E-state index in [2.05, 4.69) is 19.9 Å². The van der Waals surface area contributed by atoms with Crippen molar-refractivity contribution in [1.82, 2.24) is 0 Å². The minimum atomic E-state index is -2.60. The fourth-order valence-electron chi connectivity index (χ4n) is 4.38. The molecule has 0 aliphatic heterocycles. The van der Waals surface area contributed by atoms with E-state index in [0.29, 0.717) is 17.1 Å². The SMILES string of the molecule is Cc1ccc(S(=O)(CC2=CC[C@H]3C[C@@H]2C3(C)C)=N[C@@H](CO)C(C)C)cc1. The van der Waals surface area contributed by atoms with Crippen molar-refractivity contribution >= 4 is 9.73 Å². The highest BCUT2D eigenvalue weighted by Gasteiger charge is 2.51. The van der Waals surface area contributed by atoms with Gasteiger partial charge in [-0.2, -0.15) is 0 Å². The molecular weight excluding hydrogens is 342 g/mol. The van der Waals surface area contributed by atoms with Crippen LogP contribution >= 0.6 is 0 Å². The van der Waals surface area contributed by atoms with Crippen LogP contribution in [0.1, 0.15) is 46.1 Å². The first kappa shape index (κ1) is 19.6. The Morgan fingerprint density at radius 3 is 2.42 bits per heavy atom. The van der Waals surface area contributed by atoms with Crippen molar-refractivity contribution in [2.24, 2.45) is 27.5 Å². The molecule has 3 aliphatic carbocycles. The van der Waals surface area contributed by atoms with Gasteiger partial charge in [0.15, 0.2) is 0 Å². The molecule has 26 heavy (non-hydrogen) atoms. The van der Waals surface area contributed by atoms with Crippen molar-refractivity contribution < 1.29 is 9.32 Å². The van der Waals surface area contributed by atoms with Gasteiger partial charge in [-0.3, -0.25) is 0 Å². The summed E-state index contributed by atoms with van der Waals surface area (Å²) in [6.07, 6.45) is 4.63. The molecule has 0 spiro atoms. The number of aliphatic hydroxyl groups is 1. The van der Waals surface area contributed by atoms with Crippen LogP contribution in [-0.4, -0.2) is 27.7 Å². The lowest BCUT2D eigenvalue weighted by Gasteiger charge is -2.56. The lowest BCUT2D eigenvalue weighted by Crippen LogP contribution is -2.49. The molecule has 1 unspecified atom stereocenters. The highest BCUT2D eigenvalue weighted by atomic mass is 32.2. The van der Waals surface area contributed by atoms with Crippen LogP contribution in [0, 0.1) is 30.1 Å². The van der Waals surface area contributed by atoms with Crippen molar-refractivity contribution in [2.45, 2.75) is 58.4 Å². The van der Waals surface area contributed by atoms with Gasteiger partial charge in [0.25, 0.3) is 0 Å². The zero-order chi connectivity index (χ0) is 19.1. The van der Waals surface area contributed by atoms with E-state index < -0.39 is 9.73 Å². The van der Waals surface area contributed by atoms with Crippen molar-refractivity contribution in [3.8, 4) is 0 Å². The zero-order valence-electron chi connectivity index (χ0n) is 16.7. The summed E-state index contributed by atoms with van der Waals surface area (Å²) in [5.41, 5.74) is 2.77. The van der Waals surface area contributed by atoms with E-state index >= 15 is 0 Å². The Hall–Kier alpha value is -1.13. The van der Waals surface area contributed by atoms with E-state index in [1.807, 2.05) is 45.0 Å². The van der Waals surface area contributed by atoms with Crippen LogP contribution in [0.3, 0.4) is 0 Å². The number of hydrogen-bond acceptors (Lipinski definition) is 3. The molecule has 4 rings (SSSR count). The summed E-state index contributed by atoms with van der Waals surface area (Å²) in [4.78, 5) is 0.794. The average Bonchev–Trinajstić information content (AvgIpc) is 2.59. The van der Waals surface area contributed by atoms with Crippen LogP contribution in [0.5, 0.6) is 0 Å². The summed E-state index contributed by atoms with van der Waals surface area (Å²) in [6, 6.07) is 7.62. The third-order valence-electron chi connectivity index (χ3n) is 6.60. The summed E-state index contributed by atoms with van der Waals surface area (Å²) < 4.78 is 18.9. The molecule has 0 radical (unpaired) electrons. The first-order chi connectivity index (χ1) is 12.2. The van der Waals surface area contributed by atoms with E-state index in [4.69, 9.17) is 4.36 Å². The molecule has 3 aliphatic rings. The topological polar surface area (TPSA) is 49.7 Å². The Balaban J connectivity index is 2.01. The number of benzene rings is 1. The maximum Gasteiger partial charge on any atom is 0.0850 e. The quantitative estimate of drug-likeness (QED) is 0.724. The summed E-state index contributed by atoms with van der Waals surface area (Å²) in [7, 11) is -2.60. The molecule has 1 aromatic carbocycles. The number of nitrogens with zero attached hydrogens (tertiary/aromatic N) is 1. The highest BCUT2D eigenvalue weighted by molar-refractivity contribution is 7.93. The fraction of sp³-hybridized carbons (Fsp3) is 0.636. The first-order valence-electron chi connectivity index (χ1n) is 9.78. The summed E-state index contributed by atoms with van der Waals surface area (Å²) in [5.74, 6) is 1.95. The van der Waals surface area contributed by atoms with Gasteiger partial charge in [0.1, 0.15) is 0 Å². The van der Waals surface area contributed by atoms with Crippen molar-refractivity contribution in [3.63, 3.8) is 0 Å². The highest BCUT2D eigenvalue weighted by Crippen LogP contribution is 2.59. The van der Waals surface area contributed by atoms with Crippen LogP contribution in [-0.2, 0) is 9.73 Å². The number of aliphatic hydroxyl groups excluding tert-OH is 1. The third kappa shape index (κ3) is 3.50. The normalized spacial score (nSPS) is 27.3. The monoisotopic (exact) mass is 375 g/mol. The van der Waals surface area contributed by atoms with Crippen LogP contribution in [0.4, 0.5) is 0 Å². The second kappa shape index (κ2) is 7.12. The molecule has 0 heterocycles. The van der Waals surface area contributed by atoms with E-state index in [9.17, 15) is 9.32 Å². The number of fused-ring (bicyclic) bond motifs is 1. The first-order valence-corrected chi connectivity index (χ1v) is 11.5. The predicted molar refractivity (Wildman–Crippen MR) is 109 cm³/mol. The molecule has 1 fully saturated rings. The Labute approximate surface area is 159 Å². The van der Waals surface area contributed by atoms with E-state index in [-0.39, 0.29) is 18.6 Å². The molecule has 2 bridgehead atoms. The minimum Gasteiger partial charge on any atom is -0.394 e. The second-order valence-electron chi connectivity index (χ2n) is 9.02. The molecule has 0 amide bonds. The molecule has 1 saturated carbocycles. The summed E-state index contributed by atoms with van der Waals surface area (Å²) >= 11 is 0. The van der Waals surface area contributed by atoms with Gasteiger partial charge in [-0.05, 0) is 55.1 Å². The lowest BCUT2D eigenvalue weighted by molar-refractivity contribution is -0.00546. The van der Waals surface area contributed by atoms with Gasteiger partial charge in [-0.1, -0.05) is 57.0 Å². The van der Waals surface area contributed by atoms with Crippen LogP contribution in [0.25, 0.3) is 0 Å². The van der Waals surface area contributed by atoms with Gasteiger partial charge in [-0.15, -0.1) is 0 Å². The average molecular weight is 376 g/mol. The van der Waals surface area contributed by atoms with E-state index in [1.54, 1.807) is 0 Å². The number of aryl methyl sites for hydroxylation is 1. The Kier molecular flexibility index (Phi) is 5.38. The Bertz CT molecular complexity index is 798. The summed E-state index contributed by atoms with van der Waals surface area (Å²) in [5, 5.41) is 9.77. The Morgan fingerprint density at radius 2 is 1.92 bits per heavy atom. The molecule has 1 aromatic rings.